The minimum atomic E-state index is -0.114. The molecule has 1 aromatic carbocycles. The molecular weight excluding hydrogens is 390 g/mol. The molecule has 1 N–H and O–H groups in total. The summed E-state index contributed by atoms with van der Waals surface area (Å²) in [4.78, 5) is 30.0. The number of carbonyl (C=O) groups excluding carboxylic acids is 2. The molecular formula is C22H34ClN3O3. The van der Waals surface area contributed by atoms with Gasteiger partial charge in [-0.2, -0.15) is 0 Å². The Balaban J connectivity index is 0.00000300. The first-order valence-electron chi connectivity index (χ1n) is 10.5. The van der Waals surface area contributed by atoms with Crippen molar-refractivity contribution in [3.05, 3.63) is 29.8 Å². The molecule has 162 valence electrons. The van der Waals surface area contributed by atoms with Gasteiger partial charge in [-0.15, -0.1) is 12.4 Å². The first-order valence-corrected chi connectivity index (χ1v) is 10.5. The first-order chi connectivity index (χ1) is 13.6. The number of nitrogens with one attached hydrogen (secondary N) is 1. The molecule has 3 rings (SSSR count). The Morgan fingerprint density at radius 2 is 2.03 bits per heavy atom. The summed E-state index contributed by atoms with van der Waals surface area (Å²) in [5.74, 6) is 1.07. The summed E-state index contributed by atoms with van der Waals surface area (Å²) in [6.07, 6.45) is 2.58. The van der Waals surface area contributed by atoms with E-state index in [0.29, 0.717) is 19.6 Å². The molecule has 7 heteroatoms. The number of para-hydroxylation sites is 1. The molecule has 0 bridgehead atoms. The van der Waals surface area contributed by atoms with Gasteiger partial charge in [0, 0.05) is 44.2 Å². The number of amides is 2. The van der Waals surface area contributed by atoms with Crippen molar-refractivity contribution in [2.24, 2.45) is 11.8 Å². The number of nitrogens with zero attached hydrogens (tertiary/aromatic N) is 2. The zero-order valence-corrected chi connectivity index (χ0v) is 18.5. The number of hydrogen-bond acceptors (Lipinski definition) is 4. The van der Waals surface area contributed by atoms with Gasteiger partial charge in [-0.3, -0.25) is 9.59 Å². The molecule has 0 aliphatic carbocycles. The minimum absolute atomic E-state index is 0. The lowest BCUT2D eigenvalue weighted by atomic mass is 9.93. The van der Waals surface area contributed by atoms with Crippen LogP contribution in [0.3, 0.4) is 0 Å². The van der Waals surface area contributed by atoms with Gasteiger partial charge in [0.1, 0.15) is 5.75 Å². The van der Waals surface area contributed by atoms with E-state index in [0.717, 1.165) is 43.7 Å². The largest absolute Gasteiger partial charge is 0.496 e. The lowest BCUT2D eigenvalue weighted by Crippen LogP contribution is -2.53. The van der Waals surface area contributed by atoms with Crippen LogP contribution >= 0.6 is 12.4 Å². The van der Waals surface area contributed by atoms with Crippen molar-refractivity contribution in [1.82, 2.24) is 15.1 Å². The third kappa shape index (κ3) is 5.23. The molecule has 6 nitrogen and oxygen atoms in total. The highest BCUT2D eigenvalue weighted by atomic mass is 35.5. The number of piperidine rings is 1. The smallest absolute Gasteiger partial charge is 0.228 e. The molecule has 3 unspecified atom stereocenters. The Bertz CT molecular complexity index is 700. The fourth-order valence-electron chi connectivity index (χ4n) is 4.29. The van der Waals surface area contributed by atoms with Crippen LogP contribution in [-0.4, -0.2) is 61.4 Å². The maximum atomic E-state index is 13.5. The normalized spacial score (nSPS) is 23.1. The first kappa shape index (κ1) is 23.5. The molecule has 2 fully saturated rings. The zero-order valence-electron chi connectivity index (χ0n) is 17.7. The van der Waals surface area contributed by atoms with E-state index >= 15 is 0 Å². The Hall–Kier alpha value is -1.79. The Morgan fingerprint density at radius 1 is 1.28 bits per heavy atom. The number of hydrogen-bond donors (Lipinski definition) is 1. The van der Waals surface area contributed by atoms with Crippen molar-refractivity contribution in [3.8, 4) is 5.75 Å². The summed E-state index contributed by atoms with van der Waals surface area (Å²) >= 11 is 0. The highest BCUT2D eigenvalue weighted by Gasteiger charge is 2.36. The van der Waals surface area contributed by atoms with E-state index in [9.17, 15) is 9.59 Å². The molecule has 2 aliphatic rings. The average molecular weight is 424 g/mol. The lowest BCUT2D eigenvalue weighted by Gasteiger charge is -2.41. The molecule has 2 saturated heterocycles. The van der Waals surface area contributed by atoms with Crippen LogP contribution in [0.25, 0.3) is 0 Å². The second-order valence-electron chi connectivity index (χ2n) is 7.93. The Morgan fingerprint density at radius 3 is 2.76 bits per heavy atom. The second kappa shape index (κ2) is 10.8. The van der Waals surface area contributed by atoms with Crippen molar-refractivity contribution < 1.29 is 14.3 Å². The molecule has 29 heavy (non-hydrogen) atoms. The van der Waals surface area contributed by atoms with Gasteiger partial charge in [0.2, 0.25) is 11.8 Å². The molecule has 2 aliphatic heterocycles. The summed E-state index contributed by atoms with van der Waals surface area (Å²) in [5, 5.41) is 3.41. The van der Waals surface area contributed by atoms with E-state index in [1.165, 1.54) is 0 Å². The zero-order chi connectivity index (χ0) is 20.1. The van der Waals surface area contributed by atoms with Crippen molar-refractivity contribution >= 4 is 24.2 Å². The van der Waals surface area contributed by atoms with Crippen LogP contribution in [0, 0.1) is 11.8 Å². The number of carbonyl (C=O) groups is 2. The van der Waals surface area contributed by atoms with Gasteiger partial charge in [0.15, 0.2) is 0 Å². The van der Waals surface area contributed by atoms with E-state index in [-0.39, 0.29) is 42.1 Å². The summed E-state index contributed by atoms with van der Waals surface area (Å²) in [6.45, 7) is 7.51. The van der Waals surface area contributed by atoms with Gasteiger partial charge in [-0.25, -0.2) is 0 Å². The lowest BCUT2D eigenvalue weighted by molar-refractivity contribution is -0.144. The van der Waals surface area contributed by atoms with E-state index in [1.54, 1.807) is 7.11 Å². The highest BCUT2D eigenvalue weighted by Crippen LogP contribution is 2.32. The van der Waals surface area contributed by atoms with E-state index in [2.05, 4.69) is 5.32 Å². The number of benzene rings is 1. The molecule has 3 atom stereocenters. The standard InChI is InChI=1S/C22H33N3O3.ClH/c1-4-16(2)21(26)24-12-7-8-17(15-24)22(27)25-13-11-23-14-19(25)18-9-5-6-10-20(18)28-3;/h5-6,9-10,16-17,19,23H,4,7-8,11-15H2,1-3H3;1H. The van der Waals surface area contributed by atoms with Crippen molar-refractivity contribution in [3.63, 3.8) is 0 Å². The van der Waals surface area contributed by atoms with Crippen molar-refractivity contribution in [2.75, 3.05) is 39.8 Å². The van der Waals surface area contributed by atoms with Crippen LogP contribution in [0.4, 0.5) is 0 Å². The van der Waals surface area contributed by atoms with Crippen LogP contribution in [0.5, 0.6) is 5.75 Å². The van der Waals surface area contributed by atoms with E-state index < -0.39 is 0 Å². The van der Waals surface area contributed by atoms with E-state index in [1.807, 2.05) is 47.9 Å². The number of likely N-dealkylation sites (tertiary alicyclic amines) is 1. The van der Waals surface area contributed by atoms with Gasteiger partial charge in [-0.1, -0.05) is 32.0 Å². The third-order valence-electron chi connectivity index (χ3n) is 6.14. The van der Waals surface area contributed by atoms with Gasteiger partial charge >= 0.3 is 0 Å². The summed E-state index contributed by atoms with van der Waals surface area (Å²) in [6, 6.07) is 7.88. The molecule has 0 aromatic heterocycles. The van der Waals surface area contributed by atoms with Gasteiger partial charge in [0.25, 0.3) is 0 Å². The van der Waals surface area contributed by atoms with Crippen LogP contribution in [0.1, 0.15) is 44.7 Å². The van der Waals surface area contributed by atoms with Gasteiger partial charge in [-0.05, 0) is 25.3 Å². The Labute approximate surface area is 180 Å². The third-order valence-corrected chi connectivity index (χ3v) is 6.14. The average Bonchev–Trinajstić information content (AvgIpc) is 2.77. The van der Waals surface area contributed by atoms with Crippen LogP contribution in [-0.2, 0) is 9.59 Å². The van der Waals surface area contributed by atoms with Gasteiger partial charge in [0.05, 0.1) is 19.1 Å². The Kier molecular flexibility index (Phi) is 8.78. The second-order valence-corrected chi connectivity index (χ2v) is 7.93. The maximum Gasteiger partial charge on any atom is 0.228 e. The van der Waals surface area contributed by atoms with Gasteiger partial charge < -0.3 is 19.9 Å². The predicted octanol–water partition coefficient (Wildman–Crippen LogP) is 2.87. The topological polar surface area (TPSA) is 61.9 Å². The highest BCUT2D eigenvalue weighted by molar-refractivity contribution is 5.85. The fraction of sp³-hybridized carbons (Fsp3) is 0.636. The van der Waals surface area contributed by atoms with Crippen LogP contribution in [0.15, 0.2) is 24.3 Å². The predicted molar refractivity (Wildman–Crippen MR) is 116 cm³/mol. The fourth-order valence-corrected chi connectivity index (χ4v) is 4.29. The molecule has 1 aromatic rings. The van der Waals surface area contributed by atoms with E-state index in [4.69, 9.17) is 4.74 Å². The maximum absolute atomic E-state index is 13.5. The summed E-state index contributed by atoms with van der Waals surface area (Å²) in [5.41, 5.74) is 1.04. The SMILES string of the molecule is CCC(C)C(=O)N1CCCC(C(=O)N2CCNCC2c2ccccc2OC)C1.Cl. The minimum Gasteiger partial charge on any atom is -0.496 e. The number of ether oxygens (including phenoxy) is 1. The monoisotopic (exact) mass is 423 g/mol. The quantitative estimate of drug-likeness (QED) is 0.791. The molecule has 0 radical (unpaired) electrons. The number of methoxy groups -OCH3 is 1. The summed E-state index contributed by atoms with van der Waals surface area (Å²) in [7, 11) is 1.67. The number of piperazine rings is 1. The van der Waals surface area contributed by atoms with Crippen molar-refractivity contribution in [1.29, 1.82) is 0 Å². The molecule has 2 amide bonds. The number of rotatable bonds is 5. The summed E-state index contributed by atoms with van der Waals surface area (Å²) < 4.78 is 5.54. The molecule has 2 heterocycles. The van der Waals surface area contributed by atoms with Crippen LogP contribution < -0.4 is 10.1 Å². The van der Waals surface area contributed by atoms with Crippen LogP contribution in [0.2, 0.25) is 0 Å². The molecule has 0 spiro atoms. The number of halogens is 1. The van der Waals surface area contributed by atoms with Crippen molar-refractivity contribution in [2.45, 2.75) is 39.2 Å². The molecule has 0 saturated carbocycles.